The monoisotopic (exact) mass is 321 g/mol. The van der Waals surface area contributed by atoms with E-state index in [0.29, 0.717) is 5.69 Å². The van der Waals surface area contributed by atoms with Gasteiger partial charge in [0.25, 0.3) is 0 Å². The third-order valence-electron chi connectivity index (χ3n) is 2.64. The van der Waals surface area contributed by atoms with E-state index in [1.807, 2.05) is 25.1 Å². The van der Waals surface area contributed by atoms with Gasteiger partial charge in [-0.1, -0.05) is 12.1 Å². The van der Waals surface area contributed by atoms with Crippen molar-refractivity contribution in [2.24, 2.45) is 0 Å². The Morgan fingerprint density at radius 3 is 2.68 bits per heavy atom. The minimum Gasteiger partial charge on any atom is -0.393 e. The number of hydrogen-bond acceptors (Lipinski definition) is 4. The van der Waals surface area contributed by atoms with Crippen LogP contribution in [0.4, 0.5) is 22.7 Å². The zero-order chi connectivity index (χ0) is 14.0. The number of nitro groups is 1. The summed E-state index contributed by atoms with van der Waals surface area (Å²) in [5, 5.41) is 14.1. The zero-order valence-corrected chi connectivity index (χ0v) is 11.8. The van der Waals surface area contributed by atoms with Gasteiger partial charge in [-0.2, -0.15) is 0 Å². The lowest BCUT2D eigenvalue weighted by Crippen LogP contribution is -2.01. The molecule has 0 saturated carbocycles. The first kappa shape index (κ1) is 13.4. The van der Waals surface area contributed by atoms with Gasteiger partial charge in [-0.05, 0) is 52.7 Å². The minimum atomic E-state index is -0.485. The molecule has 0 amide bonds. The highest BCUT2D eigenvalue weighted by Crippen LogP contribution is 2.35. The van der Waals surface area contributed by atoms with E-state index < -0.39 is 4.92 Å². The predicted octanol–water partition coefficient (Wildman–Crippen LogP) is 3.99. The summed E-state index contributed by atoms with van der Waals surface area (Å²) in [4.78, 5) is 10.6. The number of nitrogens with one attached hydrogen (secondary N) is 1. The lowest BCUT2D eigenvalue weighted by atomic mass is 10.2. The molecule has 0 radical (unpaired) electrons. The average molecular weight is 322 g/mol. The number of nitro benzene ring substituents is 1. The van der Waals surface area contributed by atoms with Crippen molar-refractivity contribution in [1.29, 1.82) is 0 Å². The van der Waals surface area contributed by atoms with E-state index in [4.69, 9.17) is 5.73 Å². The molecule has 98 valence electrons. The molecule has 2 aromatic carbocycles. The largest absolute Gasteiger partial charge is 0.393 e. The molecule has 0 spiro atoms. The van der Waals surface area contributed by atoms with Gasteiger partial charge in [0.1, 0.15) is 11.4 Å². The molecule has 0 aliphatic heterocycles. The van der Waals surface area contributed by atoms with Crippen molar-refractivity contribution >= 4 is 38.7 Å². The third kappa shape index (κ3) is 2.85. The van der Waals surface area contributed by atoms with Gasteiger partial charge in [0, 0.05) is 4.47 Å². The van der Waals surface area contributed by atoms with Crippen molar-refractivity contribution in [2.75, 3.05) is 11.1 Å². The first-order valence-corrected chi connectivity index (χ1v) is 6.34. The van der Waals surface area contributed by atoms with Gasteiger partial charge in [0.2, 0.25) is 0 Å². The molecule has 0 unspecified atom stereocenters. The van der Waals surface area contributed by atoms with Crippen LogP contribution in [-0.2, 0) is 0 Å². The Morgan fingerprint density at radius 1 is 1.26 bits per heavy atom. The Balaban J connectivity index is 2.46. The zero-order valence-electron chi connectivity index (χ0n) is 10.2. The number of halogens is 1. The van der Waals surface area contributed by atoms with Crippen LogP contribution in [0.5, 0.6) is 0 Å². The number of nitrogens with two attached hydrogens (primary N) is 1. The molecule has 2 aromatic rings. The first-order chi connectivity index (χ1) is 8.99. The van der Waals surface area contributed by atoms with Gasteiger partial charge in [-0.15, -0.1) is 0 Å². The number of hydrogen-bond donors (Lipinski definition) is 2. The summed E-state index contributed by atoms with van der Waals surface area (Å²) in [6, 6.07) is 10.5. The molecule has 3 N–H and O–H groups in total. The molecule has 5 nitrogen and oxygen atoms in total. The number of nitrogen functional groups attached to an aromatic ring is 1. The van der Waals surface area contributed by atoms with Crippen LogP contribution in [0.3, 0.4) is 0 Å². The maximum absolute atomic E-state index is 11.1. The van der Waals surface area contributed by atoms with Crippen LogP contribution in [-0.4, -0.2) is 4.92 Å². The van der Waals surface area contributed by atoms with Crippen molar-refractivity contribution in [3.8, 4) is 0 Å². The Labute approximate surface area is 118 Å². The topological polar surface area (TPSA) is 81.2 Å². The molecule has 19 heavy (non-hydrogen) atoms. The molecule has 0 fully saturated rings. The van der Waals surface area contributed by atoms with Gasteiger partial charge >= 0.3 is 5.69 Å². The second-order valence-corrected chi connectivity index (χ2v) is 4.96. The van der Waals surface area contributed by atoms with Crippen LogP contribution in [0.2, 0.25) is 0 Å². The SMILES string of the molecule is Cc1ccc(Br)c(Nc2cccc(N)c2[N+](=O)[O-])c1. The maximum Gasteiger partial charge on any atom is 0.315 e. The fraction of sp³-hybridized carbons (Fsp3) is 0.0769. The summed E-state index contributed by atoms with van der Waals surface area (Å²) in [6.45, 7) is 1.95. The second kappa shape index (κ2) is 5.27. The van der Waals surface area contributed by atoms with Gasteiger partial charge in [0.15, 0.2) is 0 Å². The summed E-state index contributed by atoms with van der Waals surface area (Å²) in [5.74, 6) is 0. The van der Waals surface area contributed by atoms with Crippen molar-refractivity contribution in [1.82, 2.24) is 0 Å². The highest BCUT2D eigenvalue weighted by molar-refractivity contribution is 9.10. The quantitative estimate of drug-likeness (QED) is 0.508. The van der Waals surface area contributed by atoms with Crippen LogP contribution in [0.1, 0.15) is 5.56 Å². The normalized spacial score (nSPS) is 10.2. The predicted molar refractivity (Wildman–Crippen MR) is 79.7 cm³/mol. The molecule has 0 heterocycles. The van der Waals surface area contributed by atoms with Gasteiger partial charge in [-0.25, -0.2) is 0 Å². The Morgan fingerprint density at radius 2 is 2.00 bits per heavy atom. The van der Waals surface area contributed by atoms with Crippen LogP contribution < -0.4 is 11.1 Å². The molecular formula is C13H12BrN3O2. The number of benzene rings is 2. The van der Waals surface area contributed by atoms with E-state index >= 15 is 0 Å². The lowest BCUT2D eigenvalue weighted by Gasteiger charge is -2.10. The number of aryl methyl sites for hydroxylation is 1. The minimum absolute atomic E-state index is 0.115. The Bertz CT molecular complexity index is 644. The van der Waals surface area contributed by atoms with Crippen LogP contribution in [0.15, 0.2) is 40.9 Å². The van der Waals surface area contributed by atoms with Crippen molar-refractivity contribution in [3.05, 3.63) is 56.5 Å². The smallest absolute Gasteiger partial charge is 0.315 e. The summed E-state index contributed by atoms with van der Waals surface area (Å²) in [6.07, 6.45) is 0. The molecule has 6 heteroatoms. The first-order valence-electron chi connectivity index (χ1n) is 5.55. The molecular weight excluding hydrogens is 310 g/mol. The Hall–Kier alpha value is -2.08. The highest BCUT2D eigenvalue weighted by atomic mass is 79.9. The Kier molecular flexibility index (Phi) is 3.71. The lowest BCUT2D eigenvalue weighted by molar-refractivity contribution is -0.383. The van der Waals surface area contributed by atoms with E-state index in [2.05, 4.69) is 21.2 Å². The summed E-state index contributed by atoms with van der Waals surface area (Å²) >= 11 is 3.40. The van der Waals surface area contributed by atoms with Crippen molar-refractivity contribution in [2.45, 2.75) is 6.92 Å². The summed E-state index contributed by atoms with van der Waals surface area (Å²) in [7, 11) is 0. The molecule has 0 atom stereocenters. The van der Waals surface area contributed by atoms with E-state index in [0.717, 1.165) is 15.7 Å². The van der Waals surface area contributed by atoms with Crippen molar-refractivity contribution < 1.29 is 4.92 Å². The molecule has 0 bridgehead atoms. The van der Waals surface area contributed by atoms with E-state index in [9.17, 15) is 10.1 Å². The number of para-hydroxylation sites is 1. The third-order valence-corrected chi connectivity index (χ3v) is 3.33. The summed E-state index contributed by atoms with van der Waals surface area (Å²) in [5.41, 5.74) is 7.86. The fourth-order valence-electron chi connectivity index (χ4n) is 1.75. The average Bonchev–Trinajstić information content (AvgIpc) is 2.33. The van der Waals surface area contributed by atoms with Crippen LogP contribution >= 0.6 is 15.9 Å². The van der Waals surface area contributed by atoms with Gasteiger partial charge in [-0.3, -0.25) is 10.1 Å². The molecule has 2 rings (SSSR count). The molecule has 0 aliphatic rings. The standard InChI is InChI=1S/C13H12BrN3O2/c1-8-5-6-9(14)12(7-8)16-11-4-2-3-10(15)13(11)17(18)19/h2-7,16H,15H2,1H3. The van der Waals surface area contributed by atoms with E-state index in [-0.39, 0.29) is 11.4 Å². The summed E-state index contributed by atoms with van der Waals surface area (Å²) < 4.78 is 0.829. The van der Waals surface area contributed by atoms with Crippen LogP contribution in [0.25, 0.3) is 0 Å². The van der Waals surface area contributed by atoms with Gasteiger partial charge in [0.05, 0.1) is 10.6 Å². The second-order valence-electron chi connectivity index (χ2n) is 4.11. The highest BCUT2D eigenvalue weighted by Gasteiger charge is 2.18. The molecule has 0 saturated heterocycles. The number of anilines is 3. The molecule has 0 aromatic heterocycles. The van der Waals surface area contributed by atoms with E-state index in [1.165, 1.54) is 6.07 Å². The number of rotatable bonds is 3. The van der Waals surface area contributed by atoms with Crippen LogP contribution in [0, 0.1) is 17.0 Å². The van der Waals surface area contributed by atoms with Crippen molar-refractivity contribution in [3.63, 3.8) is 0 Å². The van der Waals surface area contributed by atoms with Gasteiger partial charge < -0.3 is 11.1 Å². The molecule has 0 aliphatic carbocycles. The maximum atomic E-state index is 11.1. The number of nitrogens with zero attached hydrogens (tertiary/aromatic N) is 1. The van der Waals surface area contributed by atoms with E-state index in [1.54, 1.807) is 12.1 Å². The fourth-order valence-corrected chi connectivity index (χ4v) is 2.09.